The van der Waals surface area contributed by atoms with Crippen LogP contribution in [0.15, 0.2) is 24.3 Å². The van der Waals surface area contributed by atoms with Gasteiger partial charge in [-0.2, -0.15) is 0 Å². The number of hydrogen-bond donors (Lipinski definition) is 1. The second-order valence-corrected chi connectivity index (χ2v) is 7.01. The van der Waals surface area contributed by atoms with E-state index >= 15 is 0 Å². The minimum Gasteiger partial charge on any atom is -0.382 e. The van der Waals surface area contributed by atoms with E-state index < -0.39 is 0 Å². The number of anilines is 1. The Kier molecular flexibility index (Phi) is 6.07. The van der Waals surface area contributed by atoms with Gasteiger partial charge < -0.3 is 15.1 Å². The monoisotopic (exact) mass is 289 g/mol. The maximum Gasteiger partial charge on any atom is 0.0388 e. The number of para-hydroxylation sites is 1. The van der Waals surface area contributed by atoms with Crippen molar-refractivity contribution in [3.8, 4) is 0 Å². The maximum atomic E-state index is 3.78. The van der Waals surface area contributed by atoms with Crippen molar-refractivity contribution in [3.05, 3.63) is 29.8 Å². The molecule has 0 bridgehead atoms. The van der Waals surface area contributed by atoms with E-state index in [1.807, 2.05) is 0 Å². The summed E-state index contributed by atoms with van der Waals surface area (Å²) in [4.78, 5) is 4.83. The Morgan fingerprint density at radius 3 is 2.48 bits per heavy atom. The summed E-state index contributed by atoms with van der Waals surface area (Å²) in [6.07, 6.45) is 2.51. The van der Waals surface area contributed by atoms with Crippen molar-refractivity contribution in [1.29, 1.82) is 0 Å². The van der Waals surface area contributed by atoms with Crippen LogP contribution in [0.2, 0.25) is 0 Å². The van der Waals surface area contributed by atoms with Gasteiger partial charge in [0.1, 0.15) is 0 Å². The largest absolute Gasteiger partial charge is 0.382 e. The summed E-state index contributed by atoms with van der Waals surface area (Å²) in [5, 5.41) is 3.78. The third-order valence-electron chi connectivity index (χ3n) is 4.07. The fraction of sp³-hybridized carbons (Fsp3) is 0.667. The lowest BCUT2D eigenvalue weighted by Gasteiger charge is -2.34. The number of hydrogen-bond acceptors (Lipinski definition) is 3. The summed E-state index contributed by atoms with van der Waals surface area (Å²) >= 11 is 0. The van der Waals surface area contributed by atoms with E-state index in [0.29, 0.717) is 6.04 Å². The molecular weight excluding hydrogens is 258 g/mol. The number of piperidine rings is 1. The first-order valence-corrected chi connectivity index (χ1v) is 8.26. The Labute approximate surface area is 130 Å². The Morgan fingerprint density at radius 2 is 1.86 bits per heavy atom. The number of nitrogens with one attached hydrogen (secondary N) is 1. The third kappa shape index (κ3) is 5.33. The van der Waals surface area contributed by atoms with Crippen LogP contribution in [-0.4, -0.2) is 49.6 Å². The van der Waals surface area contributed by atoms with Crippen molar-refractivity contribution in [2.45, 2.75) is 39.3 Å². The van der Waals surface area contributed by atoms with Crippen molar-refractivity contribution in [2.75, 3.05) is 39.0 Å². The van der Waals surface area contributed by atoms with E-state index in [-0.39, 0.29) is 0 Å². The topological polar surface area (TPSA) is 18.5 Å². The lowest BCUT2D eigenvalue weighted by Crippen LogP contribution is -2.40. The van der Waals surface area contributed by atoms with Crippen LogP contribution in [0.25, 0.3) is 0 Å². The molecule has 0 aromatic heterocycles. The predicted octanol–water partition coefficient (Wildman–Crippen LogP) is 3.28. The van der Waals surface area contributed by atoms with Gasteiger partial charge in [0.25, 0.3) is 0 Å². The van der Waals surface area contributed by atoms with Crippen molar-refractivity contribution in [3.63, 3.8) is 0 Å². The van der Waals surface area contributed by atoms with Gasteiger partial charge in [-0.15, -0.1) is 0 Å². The highest BCUT2D eigenvalue weighted by molar-refractivity contribution is 5.51. The highest BCUT2D eigenvalue weighted by Crippen LogP contribution is 2.21. The smallest absolute Gasteiger partial charge is 0.0388 e. The molecule has 1 aliphatic rings. The zero-order valence-electron chi connectivity index (χ0n) is 14.1. The van der Waals surface area contributed by atoms with Gasteiger partial charge in [-0.25, -0.2) is 0 Å². The molecule has 0 unspecified atom stereocenters. The molecule has 0 aliphatic carbocycles. The number of rotatable bonds is 6. The quantitative estimate of drug-likeness (QED) is 0.867. The molecule has 1 fully saturated rings. The molecule has 0 amide bonds. The van der Waals surface area contributed by atoms with Gasteiger partial charge in [-0.3, -0.25) is 0 Å². The van der Waals surface area contributed by atoms with Gasteiger partial charge in [0.05, 0.1) is 0 Å². The van der Waals surface area contributed by atoms with Crippen LogP contribution >= 0.6 is 0 Å². The highest BCUT2D eigenvalue weighted by atomic mass is 15.1. The van der Waals surface area contributed by atoms with E-state index in [4.69, 9.17) is 0 Å². The molecule has 1 aromatic rings. The Bertz CT molecular complexity index is 420. The standard InChI is InChI=1S/C18H31N3/c1-15(2)13-21-11-9-17(10-12-21)19-18-8-6-5-7-16(18)14-20(3)4/h5-8,15,17,19H,9-14H2,1-4H3. The first kappa shape index (κ1) is 16.3. The molecule has 0 spiro atoms. The summed E-state index contributed by atoms with van der Waals surface area (Å²) in [6.45, 7) is 9.31. The molecule has 1 N–H and O–H groups in total. The minimum atomic E-state index is 0.622. The average molecular weight is 289 g/mol. The van der Waals surface area contributed by atoms with E-state index in [1.165, 1.54) is 43.7 Å². The second-order valence-electron chi connectivity index (χ2n) is 7.01. The lowest BCUT2D eigenvalue weighted by atomic mass is 10.0. The molecule has 0 radical (unpaired) electrons. The predicted molar refractivity (Wildman–Crippen MR) is 91.8 cm³/mol. The van der Waals surface area contributed by atoms with E-state index in [9.17, 15) is 0 Å². The molecule has 0 saturated carbocycles. The van der Waals surface area contributed by atoms with Crippen molar-refractivity contribution in [1.82, 2.24) is 9.80 Å². The first-order valence-electron chi connectivity index (χ1n) is 8.26. The summed E-state index contributed by atoms with van der Waals surface area (Å²) in [6, 6.07) is 9.34. The number of likely N-dealkylation sites (tertiary alicyclic amines) is 1. The molecule has 1 aromatic carbocycles. The summed E-state index contributed by atoms with van der Waals surface area (Å²) in [5.74, 6) is 0.773. The summed E-state index contributed by atoms with van der Waals surface area (Å²) in [5.41, 5.74) is 2.71. The molecule has 118 valence electrons. The van der Waals surface area contributed by atoms with E-state index in [1.54, 1.807) is 0 Å². The lowest BCUT2D eigenvalue weighted by molar-refractivity contribution is 0.198. The zero-order chi connectivity index (χ0) is 15.2. The second kappa shape index (κ2) is 7.81. The van der Waals surface area contributed by atoms with Gasteiger partial charge in [-0.1, -0.05) is 32.0 Å². The molecule has 3 nitrogen and oxygen atoms in total. The van der Waals surface area contributed by atoms with Crippen LogP contribution < -0.4 is 5.32 Å². The van der Waals surface area contributed by atoms with Crippen LogP contribution in [0.5, 0.6) is 0 Å². The number of benzene rings is 1. The van der Waals surface area contributed by atoms with Crippen LogP contribution in [0.1, 0.15) is 32.3 Å². The van der Waals surface area contributed by atoms with Crippen LogP contribution in [-0.2, 0) is 6.54 Å². The molecule has 1 aliphatic heterocycles. The van der Waals surface area contributed by atoms with E-state index in [0.717, 1.165) is 12.5 Å². The third-order valence-corrected chi connectivity index (χ3v) is 4.07. The molecule has 1 saturated heterocycles. The molecule has 0 atom stereocenters. The summed E-state index contributed by atoms with van der Waals surface area (Å²) < 4.78 is 0. The SMILES string of the molecule is CC(C)CN1CCC(Nc2ccccc2CN(C)C)CC1. The summed E-state index contributed by atoms with van der Waals surface area (Å²) in [7, 11) is 4.25. The van der Waals surface area contributed by atoms with Crippen LogP contribution in [0.4, 0.5) is 5.69 Å². The van der Waals surface area contributed by atoms with Crippen molar-refractivity contribution in [2.24, 2.45) is 5.92 Å². The fourth-order valence-corrected chi connectivity index (χ4v) is 3.14. The Morgan fingerprint density at radius 1 is 1.19 bits per heavy atom. The average Bonchev–Trinajstić information content (AvgIpc) is 2.42. The van der Waals surface area contributed by atoms with Gasteiger partial charge in [-0.05, 0) is 44.5 Å². The van der Waals surface area contributed by atoms with Gasteiger partial charge >= 0.3 is 0 Å². The van der Waals surface area contributed by atoms with Crippen LogP contribution in [0, 0.1) is 5.92 Å². The van der Waals surface area contributed by atoms with E-state index in [2.05, 4.69) is 67.3 Å². The Hall–Kier alpha value is -1.06. The zero-order valence-corrected chi connectivity index (χ0v) is 14.1. The first-order chi connectivity index (χ1) is 10.0. The number of nitrogens with zero attached hydrogens (tertiary/aromatic N) is 2. The van der Waals surface area contributed by atoms with Gasteiger partial charge in [0.2, 0.25) is 0 Å². The normalized spacial score (nSPS) is 17.6. The molecule has 1 heterocycles. The van der Waals surface area contributed by atoms with Crippen molar-refractivity contribution >= 4 is 5.69 Å². The minimum absolute atomic E-state index is 0.622. The van der Waals surface area contributed by atoms with Gasteiger partial charge in [0, 0.05) is 37.9 Å². The van der Waals surface area contributed by atoms with Crippen molar-refractivity contribution < 1.29 is 0 Å². The fourth-order valence-electron chi connectivity index (χ4n) is 3.14. The molecular formula is C18H31N3. The Balaban J connectivity index is 1.89. The molecule has 21 heavy (non-hydrogen) atoms. The maximum absolute atomic E-state index is 3.78. The van der Waals surface area contributed by atoms with Crippen LogP contribution in [0.3, 0.4) is 0 Å². The molecule has 2 rings (SSSR count). The molecule has 3 heteroatoms. The highest BCUT2D eigenvalue weighted by Gasteiger charge is 2.20. The van der Waals surface area contributed by atoms with Gasteiger partial charge in [0.15, 0.2) is 0 Å².